The van der Waals surface area contributed by atoms with Gasteiger partial charge >= 0.3 is 39.5 Å². The summed E-state index contributed by atoms with van der Waals surface area (Å²) in [7, 11) is -9.92. The van der Waals surface area contributed by atoms with Crippen LogP contribution < -0.4 is 0 Å². The van der Waals surface area contributed by atoms with Gasteiger partial charge in [-0.25, -0.2) is 9.13 Å². The molecule has 2 unspecified atom stereocenters. The second-order valence-electron chi connectivity index (χ2n) is 30.7. The molecule has 17 nitrogen and oxygen atoms in total. The molecule has 0 fully saturated rings. The maximum Gasteiger partial charge on any atom is 0.472 e. The predicted octanol–water partition coefficient (Wildman–Crippen LogP) is 25.6. The van der Waals surface area contributed by atoms with Gasteiger partial charge in [-0.15, -0.1) is 0 Å². The number of carbonyl (C=O) groups is 4. The summed E-state index contributed by atoms with van der Waals surface area (Å²) in [6, 6.07) is 0. The quantitative estimate of drug-likeness (QED) is 0.0222. The van der Waals surface area contributed by atoms with Crippen molar-refractivity contribution in [2.75, 3.05) is 39.6 Å². The third-order valence-corrected chi connectivity index (χ3v) is 21.7. The summed E-state index contributed by atoms with van der Waals surface area (Å²) >= 11 is 0. The van der Waals surface area contributed by atoms with Crippen LogP contribution in [-0.4, -0.2) is 96.7 Å². The molecule has 0 spiro atoms. The molecule has 19 heteroatoms. The van der Waals surface area contributed by atoms with Crippen molar-refractivity contribution >= 4 is 39.5 Å². The highest BCUT2D eigenvalue weighted by atomic mass is 31.2. The lowest BCUT2D eigenvalue weighted by Crippen LogP contribution is -2.30. The minimum atomic E-state index is -4.96. The summed E-state index contributed by atoms with van der Waals surface area (Å²) in [6.45, 7) is 7.39. The van der Waals surface area contributed by atoms with E-state index < -0.39 is 97.5 Å². The van der Waals surface area contributed by atoms with Crippen LogP contribution >= 0.6 is 15.6 Å². The van der Waals surface area contributed by atoms with Gasteiger partial charge in [0.2, 0.25) is 0 Å². The van der Waals surface area contributed by atoms with Gasteiger partial charge in [-0.1, -0.05) is 401 Å². The van der Waals surface area contributed by atoms with Crippen molar-refractivity contribution in [3.05, 3.63) is 0 Å². The van der Waals surface area contributed by atoms with Crippen LogP contribution in [0.1, 0.15) is 452 Å². The van der Waals surface area contributed by atoms with E-state index >= 15 is 0 Å². The minimum absolute atomic E-state index is 0.109. The Labute approximate surface area is 632 Å². The van der Waals surface area contributed by atoms with E-state index in [0.29, 0.717) is 25.7 Å². The standard InChI is InChI=1S/C84H164O17P2/c1-6-9-12-15-18-21-24-27-28-29-30-34-39-43-48-53-58-63-68-82(87)95-74-80(101-84(89)70-65-60-55-50-45-40-35-32-31-33-38-41-46-51-56-61-66-77(4)5)76-99-103(92,93)97-72-78(85)71-96-102(90,91)98-75-79(100-83(88)69-64-59-54-49-44-37-26-23-20-17-14-11-8-3)73-94-81(86)67-62-57-52-47-42-36-25-22-19-16-13-10-7-2/h77-80,85H,6-76H2,1-5H3,(H,90,91)(H,92,93)/t78-,79+,80+/m0/s1. The molecular formula is C84H164O17P2. The molecule has 0 aromatic heterocycles. The Kier molecular flexibility index (Phi) is 75.4. The molecule has 612 valence electrons. The third-order valence-electron chi connectivity index (χ3n) is 19.8. The van der Waals surface area contributed by atoms with E-state index in [0.717, 1.165) is 95.8 Å². The van der Waals surface area contributed by atoms with Gasteiger partial charge in [0, 0.05) is 25.7 Å². The summed E-state index contributed by atoms with van der Waals surface area (Å²) in [5.41, 5.74) is 0. The highest BCUT2D eigenvalue weighted by molar-refractivity contribution is 7.47. The highest BCUT2D eigenvalue weighted by Gasteiger charge is 2.30. The zero-order chi connectivity index (χ0) is 75.5. The van der Waals surface area contributed by atoms with Crippen LogP contribution in [0.2, 0.25) is 0 Å². The van der Waals surface area contributed by atoms with Crippen molar-refractivity contribution in [2.45, 2.75) is 470 Å². The number of aliphatic hydroxyl groups is 1. The Hall–Kier alpha value is -1.94. The number of ether oxygens (including phenoxy) is 4. The van der Waals surface area contributed by atoms with Gasteiger partial charge in [0.1, 0.15) is 19.3 Å². The van der Waals surface area contributed by atoms with E-state index in [1.807, 2.05) is 0 Å². The van der Waals surface area contributed by atoms with Gasteiger partial charge in [0.25, 0.3) is 0 Å². The molecule has 0 bridgehead atoms. The molecule has 0 heterocycles. The van der Waals surface area contributed by atoms with Crippen LogP contribution in [0.15, 0.2) is 0 Å². The van der Waals surface area contributed by atoms with Gasteiger partial charge in [-0.2, -0.15) is 0 Å². The molecule has 0 radical (unpaired) electrons. The van der Waals surface area contributed by atoms with Crippen LogP contribution in [0.5, 0.6) is 0 Å². The Morgan fingerprint density at radius 1 is 0.262 bits per heavy atom. The smallest absolute Gasteiger partial charge is 0.462 e. The average molecular weight is 1510 g/mol. The molecule has 103 heavy (non-hydrogen) atoms. The SMILES string of the molecule is CCCCCCCCCCCCCCCCCCCCC(=O)OC[C@H](COP(=O)(O)OC[C@@H](O)COP(=O)(O)OC[C@@H](COC(=O)CCCCCCCCCCCCCCC)OC(=O)CCCCCCCCCCCCCCC)OC(=O)CCCCCCCCCCCCCCCCCCC(C)C. The lowest BCUT2D eigenvalue weighted by Gasteiger charge is -2.21. The maximum absolute atomic E-state index is 13.1. The number of carbonyl (C=O) groups excluding carboxylic acids is 4. The van der Waals surface area contributed by atoms with Crippen LogP contribution in [0.4, 0.5) is 0 Å². The van der Waals surface area contributed by atoms with Crippen molar-refractivity contribution in [1.82, 2.24) is 0 Å². The van der Waals surface area contributed by atoms with E-state index in [1.54, 1.807) is 0 Å². The molecule has 0 aliphatic heterocycles. The largest absolute Gasteiger partial charge is 0.472 e. The first-order valence-electron chi connectivity index (χ1n) is 43.6. The van der Waals surface area contributed by atoms with E-state index in [4.69, 9.17) is 37.0 Å². The molecule has 0 rings (SSSR count). The van der Waals surface area contributed by atoms with Gasteiger partial charge < -0.3 is 33.8 Å². The molecule has 0 saturated carbocycles. The number of hydrogen-bond acceptors (Lipinski definition) is 15. The molecule has 0 aliphatic carbocycles. The predicted molar refractivity (Wildman–Crippen MR) is 423 cm³/mol. The number of phosphoric acid groups is 2. The van der Waals surface area contributed by atoms with Crippen molar-refractivity contribution in [2.24, 2.45) is 5.92 Å². The zero-order valence-corrected chi connectivity index (χ0v) is 69.3. The molecule has 5 atom stereocenters. The topological polar surface area (TPSA) is 237 Å². The molecule has 0 aromatic rings. The first kappa shape index (κ1) is 101. The Morgan fingerprint density at radius 2 is 0.447 bits per heavy atom. The monoisotopic (exact) mass is 1510 g/mol. The summed E-state index contributed by atoms with van der Waals surface area (Å²) in [5, 5.41) is 10.7. The van der Waals surface area contributed by atoms with Crippen LogP contribution in [0, 0.1) is 5.92 Å². The summed E-state index contributed by atoms with van der Waals surface area (Å²) in [4.78, 5) is 73.2. The van der Waals surface area contributed by atoms with Gasteiger partial charge in [0.05, 0.1) is 26.4 Å². The van der Waals surface area contributed by atoms with E-state index in [1.165, 1.54) is 276 Å². The summed E-state index contributed by atoms with van der Waals surface area (Å²) in [6.07, 6.45) is 69.2. The van der Waals surface area contributed by atoms with Gasteiger partial charge in [0.15, 0.2) is 12.2 Å². The molecular weight excluding hydrogens is 1340 g/mol. The molecule has 0 aliphatic rings. The Morgan fingerprint density at radius 3 is 0.660 bits per heavy atom. The number of aliphatic hydroxyl groups excluding tert-OH is 1. The molecule has 3 N–H and O–H groups in total. The van der Waals surface area contributed by atoms with E-state index in [-0.39, 0.29) is 25.7 Å². The fourth-order valence-corrected chi connectivity index (χ4v) is 14.7. The average Bonchev–Trinajstić information content (AvgIpc) is 0.940. The first-order chi connectivity index (χ1) is 50.0. The lowest BCUT2D eigenvalue weighted by atomic mass is 10.0. The first-order valence-corrected chi connectivity index (χ1v) is 46.6. The normalized spacial score (nSPS) is 13.8. The molecule has 0 amide bonds. The lowest BCUT2D eigenvalue weighted by molar-refractivity contribution is -0.161. The summed E-state index contributed by atoms with van der Waals surface area (Å²) < 4.78 is 68.9. The van der Waals surface area contributed by atoms with E-state index in [2.05, 4.69) is 34.6 Å². The highest BCUT2D eigenvalue weighted by Crippen LogP contribution is 2.45. The van der Waals surface area contributed by atoms with Crippen LogP contribution in [0.25, 0.3) is 0 Å². The number of hydrogen-bond donors (Lipinski definition) is 3. The zero-order valence-electron chi connectivity index (χ0n) is 67.5. The number of phosphoric ester groups is 2. The van der Waals surface area contributed by atoms with Gasteiger partial charge in [-0.05, 0) is 31.6 Å². The van der Waals surface area contributed by atoms with E-state index in [9.17, 15) is 43.2 Å². The minimum Gasteiger partial charge on any atom is -0.462 e. The number of unbranched alkanes of at least 4 members (excludes halogenated alkanes) is 56. The fraction of sp³-hybridized carbons (Fsp3) is 0.952. The Bertz CT molecular complexity index is 1960. The third kappa shape index (κ3) is 78.0. The van der Waals surface area contributed by atoms with Crippen LogP contribution in [-0.2, 0) is 65.4 Å². The fourth-order valence-electron chi connectivity index (χ4n) is 13.1. The van der Waals surface area contributed by atoms with Gasteiger partial charge in [-0.3, -0.25) is 37.3 Å². The van der Waals surface area contributed by atoms with Crippen molar-refractivity contribution in [3.63, 3.8) is 0 Å². The van der Waals surface area contributed by atoms with Crippen molar-refractivity contribution in [3.8, 4) is 0 Å². The van der Waals surface area contributed by atoms with Crippen molar-refractivity contribution < 1.29 is 80.2 Å². The number of rotatable bonds is 84. The summed E-state index contributed by atoms with van der Waals surface area (Å²) in [5.74, 6) is -1.29. The Balaban J connectivity index is 5.25. The number of esters is 4. The van der Waals surface area contributed by atoms with Crippen LogP contribution in [0.3, 0.4) is 0 Å². The van der Waals surface area contributed by atoms with Crippen molar-refractivity contribution in [1.29, 1.82) is 0 Å². The molecule has 0 aromatic carbocycles. The second-order valence-corrected chi connectivity index (χ2v) is 33.6. The molecule has 0 saturated heterocycles. The maximum atomic E-state index is 13.1. The second kappa shape index (κ2) is 76.8.